The Morgan fingerprint density at radius 2 is 1.91 bits per heavy atom. The van der Waals surface area contributed by atoms with Crippen molar-refractivity contribution in [3.8, 4) is 10.6 Å². The lowest BCUT2D eigenvalue weighted by molar-refractivity contribution is -0.0426. The molecule has 1 unspecified atom stereocenters. The van der Waals surface area contributed by atoms with Crippen LogP contribution < -0.4 is 0 Å². The van der Waals surface area contributed by atoms with Gasteiger partial charge in [0.25, 0.3) is 0 Å². The molecule has 0 aliphatic carbocycles. The summed E-state index contributed by atoms with van der Waals surface area (Å²) in [7, 11) is 1.78. The highest BCUT2D eigenvalue weighted by Crippen LogP contribution is 2.24. The quantitative estimate of drug-likeness (QED) is 0.848. The van der Waals surface area contributed by atoms with Crippen molar-refractivity contribution >= 4 is 11.3 Å². The van der Waals surface area contributed by atoms with E-state index >= 15 is 0 Å². The molecule has 0 bridgehead atoms. The standard InChI is InChI=1S/C17H23N3OS/c1-14(21-2)20-10-8-19(9-11-20)12-16-13-22-17(18-16)15-6-4-3-5-7-15/h3-7,13-14H,8-12H2,1-2H3. The minimum atomic E-state index is 0.214. The number of aromatic nitrogens is 1. The summed E-state index contributed by atoms with van der Waals surface area (Å²) in [6.07, 6.45) is 0.214. The summed E-state index contributed by atoms with van der Waals surface area (Å²) in [6, 6.07) is 10.4. The fraction of sp³-hybridized carbons (Fsp3) is 0.471. The van der Waals surface area contributed by atoms with E-state index in [2.05, 4.69) is 46.4 Å². The molecule has 0 saturated carbocycles. The van der Waals surface area contributed by atoms with Crippen LogP contribution in [0.15, 0.2) is 35.7 Å². The number of thiazole rings is 1. The molecule has 22 heavy (non-hydrogen) atoms. The highest BCUT2D eigenvalue weighted by atomic mass is 32.1. The Morgan fingerprint density at radius 3 is 2.59 bits per heavy atom. The fourth-order valence-electron chi connectivity index (χ4n) is 2.76. The molecule has 3 rings (SSSR count). The van der Waals surface area contributed by atoms with Gasteiger partial charge in [0.15, 0.2) is 0 Å². The number of nitrogens with zero attached hydrogens (tertiary/aromatic N) is 3. The lowest BCUT2D eigenvalue weighted by Gasteiger charge is -2.37. The molecule has 1 saturated heterocycles. The number of rotatable bonds is 5. The Labute approximate surface area is 136 Å². The van der Waals surface area contributed by atoms with E-state index in [1.807, 2.05) is 6.07 Å². The first-order valence-electron chi connectivity index (χ1n) is 7.75. The van der Waals surface area contributed by atoms with Crippen LogP contribution in [0.2, 0.25) is 0 Å². The Kier molecular flexibility index (Phi) is 5.20. The molecular weight excluding hydrogens is 294 g/mol. The van der Waals surface area contributed by atoms with Gasteiger partial charge >= 0.3 is 0 Å². The van der Waals surface area contributed by atoms with Gasteiger partial charge in [-0.3, -0.25) is 9.80 Å². The Bertz CT molecular complexity index is 579. The third-order valence-corrected chi connectivity index (χ3v) is 5.16. The topological polar surface area (TPSA) is 28.6 Å². The molecule has 0 spiro atoms. The van der Waals surface area contributed by atoms with E-state index in [0.29, 0.717) is 0 Å². The zero-order valence-electron chi connectivity index (χ0n) is 13.2. The van der Waals surface area contributed by atoms with Crippen LogP contribution in [0.25, 0.3) is 10.6 Å². The second kappa shape index (κ2) is 7.33. The minimum Gasteiger partial charge on any atom is -0.367 e. The van der Waals surface area contributed by atoms with Crippen molar-refractivity contribution in [2.45, 2.75) is 19.7 Å². The van der Waals surface area contributed by atoms with Crippen LogP contribution in [0.3, 0.4) is 0 Å². The largest absolute Gasteiger partial charge is 0.367 e. The van der Waals surface area contributed by atoms with Gasteiger partial charge in [0.05, 0.1) is 5.69 Å². The summed E-state index contributed by atoms with van der Waals surface area (Å²) in [4.78, 5) is 9.64. The van der Waals surface area contributed by atoms with Gasteiger partial charge in [0, 0.05) is 50.8 Å². The molecule has 2 heterocycles. The molecule has 4 nitrogen and oxygen atoms in total. The van der Waals surface area contributed by atoms with Crippen molar-refractivity contribution < 1.29 is 4.74 Å². The average molecular weight is 317 g/mol. The third-order valence-electron chi connectivity index (χ3n) is 4.22. The van der Waals surface area contributed by atoms with Crippen LogP contribution in [0, 0.1) is 0 Å². The van der Waals surface area contributed by atoms with Gasteiger partial charge in [-0.1, -0.05) is 30.3 Å². The SMILES string of the molecule is COC(C)N1CCN(Cc2csc(-c3ccccc3)n2)CC1. The van der Waals surface area contributed by atoms with E-state index in [1.54, 1.807) is 18.4 Å². The number of hydrogen-bond acceptors (Lipinski definition) is 5. The molecule has 1 aliphatic rings. The normalized spacial score (nSPS) is 18.5. The van der Waals surface area contributed by atoms with Crippen molar-refractivity contribution in [3.63, 3.8) is 0 Å². The molecule has 1 aromatic heterocycles. The first-order valence-corrected chi connectivity index (χ1v) is 8.63. The summed E-state index contributed by atoms with van der Waals surface area (Å²) in [5.41, 5.74) is 2.38. The number of hydrogen-bond donors (Lipinski definition) is 0. The van der Waals surface area contributed by atoms with Crippen LogP contribution in [0.5, 0.6) is 0 Å². The number of piperazine rings is 1. The van der Waals surface area contributed by atoms with Crippen molar-refractivity contribution in [2.75, 3.05) is 33.3 Å². The van der Waals surface area contributed by atoms with Crippen LogP contribution in [0.1, 0.15) is 12.6 Å². The predicted octanol–water partition coefficient (Wildman–Crippen LogP) is 2.92. The fourth-order valence-corrected chi connectivity index (χ4v) is 3.57. The van der Waals surface area contributed by atoms with Gasteiger partial charge in [0.2, 0.25) is 0 Å². The second-order valence-corrected chi connectivity index (χ2v) is 6.52. The summed E-state index contributed by atoms with van der Waals surface area (Å²) in [5, 5.41) is 3.30. The summed E-state index contributed by atoms with van der Waals surface area (Å²) in [5.74, 6) is 0. The lowest BCUT2D eigenvalue weighted by atomic mass is 10.2. The second-order valence-electron chi connectivity index (χ2n) is 5.66. The summed E-state index contributed by atoms with van der Waals surface area (Å²) >= 11 is 1.73. The van der Waals surface area contributed by atoms with Crippen molar-refractivity contribution in [2.24, 2.45) is 0 Å². The minimum absolute atomic E-state index is 0.214. The number of methoxy groups -OCH3 is 1. The third kappa shape index (κ3) is 3.73. The average Bonchev–Trinajstić information content (AvgIpc) is 3.04. The van der Waals surface area contributed by atoms with Gasteiger partial charge < -0.3 is 4.74 Å². The highest BCUT2D eigenvalue weighted by molar-refractivity contribution is 7.13. The van der Waals surface area contributed by atoms with E-state index in [-0.39, 0.29) is 6.23 Å². The molecule has 118 valence electrons. The number of ether oxygens (including phenoxy) is 1. The zero-order chi connectivity index (χ0) is 15.4. The van der Waals surface area contributed by atoms with E-state index in [1.165, 1.54) is 11.3 Å². The molecule has 0 amide bonds. The van der Waals surface area contributed by atoms with Gasteiger partial charge in [-0.25, -0.2) is 4.98 Å². The maximum absolute atomic E-state index is 5.39. The molecule has 1 aromatic carbocycles. The van der Waals surface area contributed by atoms with Gasteiger partial charge in [-0.05, 0) is 6.92 Å². The molecular formula is C17H23N3OS. The van der Waals surface area contributed by atoms with Crippen molar-refractivity contribution in [3.05, 3.63) is 41.4 Å². The first kappa shape index (κ1) is 15.6. The van der Waals surface area contributed by atoms with Gasteiger partial charge in [-0.2, -0.15) is 0 Å². The Balaban J connectivity index is 1.56. The first-order chi connectivity index (χ1) is 10.8. The highest BCUT2D eigenvalue weighted by Gasteiger charge is 2.21. The van der Waals surface area contributed by atoms with Crippen LogP contribution in [-0.4, -0.2) is 54.3 Å². The van der Waals surface area contributed by atoms with E-state index in [9.17, 15) is 0 Å². The molecule has 2 aromatic rings. The predicted molar refractivity (Wildman–Crippen MR) is 90.9 cm³/mol. The lowest BCUT2D eigenvalue weighted by Crippen LogP contribution is -2.49. The Morgan fingerprint density at radius 1 is 1.18 bits per heavy atom. The van der Waals surface area contributed by atoms with Crippen LogP contribution >= 0.6 is 11.3 Å². The number of benzene rings is 1. The molecule has 1 atom stereocenters. The smallest absolute Gasteiger partial charge is 0.123 e. The van der Waals surface area contributed by atoms with Gasteiger partial charge in [0.1, 0.15) is 11.2 Å². The maximum atomic E-state index is 5.39. The summed E-state index contributed by atoms with van der Waals surface area (Å²) in [6.45, 7) is 7.33. The monoisotopic (exact) mass is 317 g/mol. The summed E-state index contributed by atoms with van der Waals surface area (Å²) < 4.78 is 5.39. The molecule has 5 heteroatoms. The van der Waals surface area contributed by atoms with Gasteiger partial charge in [-0.15, -0.1) is 11.3 Å². The molecule has 1 aliphatic heterocycles. The van der Waals surface area contributed by atoms with Crippen LogP contribution in [-0.2, 0) is 11.3 Å². The van der Waals surface area contributed by atoms with E-state index in [0.717, 1.165) is 37.7 Å². The maximum Gasteiger partial charge on any atom is 0.123 e. The van der Waals surface area contributed by atoms with E-state index in [4.69, 9.17) is 9.72 Å². The Hall–Kier alpha value is -1.27. The van der Waals surface area contributed by atoms with Crippen LogP contribution in [0.4, 0.5) is 0 Å². The van der Waals surface area contributed by atoms with E-state index < -0.39 is 0 Å². The molecule has 0 radical (unpaired) electrons. The molecule has 1 fully saturated rings. The van der Waals surface area contributed by atoms with Crippen molar-refractivity contribution in [1.82, 2.24) is 14.8 Å². The zero-order valence-corrected chi connectivity index (χ0v) is 14.1. The van der Waals surface area contributed by atoms with Crippen molar-refractivity contribution in [1.29, 1.82) is 0 Å². The molecule has 0 N–H and O–H groups in total.